The zero-order chi connectivity index (χ0) is 12.9. The summed E-state index contributed by atoms with van der Waals surface area (Å²) in [6, 6.07) is 7.93. The largest absolute Gasteiger partial charge is 0.490 e. The molecule has 90 valence electrons. The average Bonchev–Trinajstić information content (AvgIpc) is 2.36. The van der Waals surface area contributed by atoms with Gasteiger partial charge in [-0.25, -0.2) is 0 Å². The summed E-state index contributed by atoms with van der Waals surface area (Å²) in [5.41, 5.74) is -0.851. The van der Waals surface area contributed by atoms with E-state index in [1.165, 1.54) is 18.2 Å². The topological polar surface area (TPSA) is 88.2 Å². The maximum Gasteiger partial charge on any atom is 0.273 e. The number of nitro benzene ring substituents is 1. The molecule has 0 saturated carbocycles. The molecule has 0 radical (unpaired) electrons. The van der Waals surface area contributed by atoms with Gasteiger partial charge in [0.05, 0.1) is 17.1 Å². The molecule has 0 aromatic heterocycles. The van der Waals surface area contributed by atoms with Gasteiger partial charge in [0.25, 0.3) is 5.69 Å². The molecular weight excluding hydrogens is 222 g/mol. The predicted molar refractivity (Wildman–Crippen MR) is 61.7 cm³/mol. The Bertz CT molecular complexity index is 456. The van der Waals surface area contributed by atoms with Crippen LogP contribution in [0.3, 0.4) is 0 Å². The number of benzene rings is 1. The number of non-ortho nitro benzene ring substituents is 1. The quantitative estimate of drug-likeness (QED) is 0.616. The molecule has 1 atom stereocenters. The zero-order valence-electron chi connectivity index (χ0n) is 9.64. The van der Waals surface area contributed by atoms with Crippen molar-refractivity contribution in [2.75, 3.05) is 13.7 Å². The van der Waals surface area contributed by atoms with E-state index in [0.717, 1.165) is 0 Å². The van der Waals surface area contributed by atoms with E-state index in [1.807, 2.05) is 0 Å². The molecule has 0 fully saturated rings. The van der Waals surface area contributed by atoms with Crippen LogP contribution in [-0.4, -0.2) is 24.1 Å². The molecule has 6 nitrogen and oxygen atoms in total. The summed E-state index contributed by atoms with van der Waals surface area (Å²) < 4.78 is 5.35. The lowest BCUT2D eigenvalue weighted by atomic mass is 10.1. The maximum absolute atomic E-state index is 10.6. The van der Waals surface area contributed by atoms with Crippen LogP contribution < -0.4 is 10.1 Å². The minimum absolute atomic E-state index is 0.0365. The smallest absolute Gasteiger partial charge is 0.273 e. The van der Waals surface area contributed by atoms with Crippen LogP contribution in [0.1, 0.15) is 6.92 Å². The van der Waals surface area contributed by atoms with Gasteiger partial charge in [0.1, 0.15) is 17.9 Å². The van der Waals surface area contributed by atoms with Gasteiger partial charge in [0, 0.05) is 6.07 Å². The van der Waals surface area contributed by atoms with Crippen LogP contribution in [0.4, 0.5) is 5.69 Å². The highest BCUT2D eigenvalue weighted by molar-refractivity contribution is 5.38. The third-order valence-corrected chi connectivity index (χ3v) is 2.35. The van der Waals surface area contributed by atoms with Crippen molar-refractivity contribution in [1.29, 1.82) is 5.26 Å². The fourth-order valence-corrected chi connectivity index (χ4v) is 1.07. The Labute approximate surface area is 99.0 Å². The van der Waals surface area contributed by atoms with Crippen LogP contribution in [-0.2, 0) is 0 Å². The van der Waals surface area contributed by atoms with Crippen LogP contribution in [0.2, 0.25) is 0 Å². The van der Waals surface area contributed by atoms with Gasteiger partial charge in [-0.05, 0) is 20.0 Å². The van der Waals surface area contributed by atoms with Crippen LogP contribution in [0.15, 0.2) is 24.3 Å². The predicted octanol–water partition coefficient (Wildman–Crippen LogP) is 1.48. The summed E-state index contributed by atoms with van der Waals surface area (Å²) in [5.74, 6) is 0.371. The lowest BCUT2D eigenvalue weighted by molar-refractivity contribution is -0.384. The molecule has 0 saturated heterocycles. The lowest BCUT2D eigenvalue weighted by Gasteiger charge is -2.20. The second-order valence-electron chi connectivity index (χ2n) is 3.74. The Hall–Kier alpha value is -2.13. The highest BCUT2D eigenvalue weighted by Crippen LogP contribution is 2.19. The van der Waals surface area contributed by atoms with E-state index in [2.05, 4.69) is 11.4 Å². The Kier molecular flexibility index (Phi) is 4.01. The molecule has 0 aliphatic rings. The Morgan fingerprint density at radius 1 is 1.65 bits per heavy atom. The minimum atomic E-state index is -0.815. The molecule has 1 N–H and O–H groups in total. The number of nitro groups is 1. The minimum Gasteiger partial charge on any atom is -0.490 e. The standard InChI is InChI=1S/C11H13N3O3/c1-11(7-12,13-2)8-17-10-5-3-4-9(6-10)14(15)16/h3-6,13H,8H2,1-2H3. The fourth-order valence-electron chi connectivity index (χ4n) is 1.07. The fraction of sp³-hybridized carbons (Fsp3) is 0.364. The molecular formula is C11H13N3O3. The van der Waals surface area contributed by atoms with Crippen molar-refractivity contribution in [2.45, 2.75) is 12.5 Å². The SMILES string of the molecule is CNC(C)(C#N)COc1cccc([N+](=O)[O-])c1. The van der Waals surface area contributed by atoms with Gasteiger partial charge in [-0.1, -0.05) is 6.07 Å². The van der Waals surface area contributed by atoms with Crippen molar-refractivity contribution in [2.24, 2.45) is 0 Å². The Morgan fingerprint density at radius 2 is 2.35 bits per heavy atom. The molecule has 0 spiro atoms. The van der Waals surface area contributed by atoms with Gasteiger partial charge in [0.2, 0.25) is 0 Å². The van der Waals surface area contributed by atoms with Crippen LogP contribution in [0.25, 0.3) is 0 Å². The second-order valence-corrected chi connectivity index (χ2v) is 3.74. The van der Waals surface area contributed by atoms with E-state index < -0.39 is 10.5 Å². The van der Waals surface area contributed by atoms with Crippen molar-refractivity contribution >= 4 is 5.69 Å². The molecule has 1 rings (SSSR count). The molecule has 0 amide bonds. The van der Waals surface area contributed by atoms with E-state index in [4.69, 9.17) is 10.00 Å². The summed E-state index contributed by atoms with van der Waals surface area (Å²) in [4.78, 5) is 10.1. The van der Waals surface area contributed by atoms with E-state index in [1.54, 1.807) is 20.0 Å². The summed E-state index contributed by atoms with van der Waals surface area (Å²) in [7, 11) is 1.65. The number of rotatable bonds is 5. The molecule has 1 unspecified atom stereocenters. The van der Waals surface area contributed by atoms with Gasteiger partial charge < -0.3 is 4.74 Å². The molecule has 0 heterocycles. The van der Waals surface area contributed by atoms with Gasteiger partial charge in [0.15, 0.2) is 0 Å². The van der Waals surface area contributed by atoms with Gasteiger partial charge in [-0.2, -0.15) is 5.26 Å². The monoisotopic (exact) mass is 235 g/mol. The summed E-state index contributed by atoms with van der Waals surface area (Å²) >= 11 is 0. The van der Waals surface area contributed by atoms with Gasteiger partial charge in [-0.15, -0.1) is 0 Å². The first-order chi connectivity index (χ1) is 8.00. The Balaban J connectivity index is 2.73. The highest BCUT2D eigenvalue weighted by Gasteiger charge is 2.22. The molecule has 1 aromatic carbocycles. The molecule has 0 bridgehead atoms. The first-order valence-electron chi connectivity index (χ1n) is 4.98. The Morgan fingerprint density at radius 3 is 2.88 bits per heavy atom. The number of nitrogens with one attached hydrogen (secondary N) is 1. The van der Waals surface area contributed by atoms with Crippen molar-refractivity contribution in [1.82, 2.24) is 5.32 Å². The molecule has 17 heavy (non-hydrogen) atoms. The number of ether oxygens (including phenoxy) is 1. The molecule has 6 heteroatoms. The zero-order valence-corrected chi connectivity index (χ0v) is 9.64. The summed E-state index contributed by atoms with van der Waals surface area (Å²) in [5, 5.41) is 22.3. The van der Waals surface area contributed by atoms with E-state index in [-0.39, 0.29) is 12.3 Å². The third kappa shape index (κ3) is 3.43. The molecule has 1 aromatic rings. The van der Waals surface area contributed by atoms with E-state index in [0.29, 0.717) is 5.75 Å². The number of nitrogens with zero attached hydrogens (tertiary/aromatic N) is 2. The summed E-state index contributed by atoms with van der Waals surface area (Å²) in [6.07, 6.45) is 0. The van der Waals surface area contributed by atoms with E-state index in [9.17, 15) is 10.1 Å². The van der Waals surface area contributed by atoms with Gasteiger partial charge >= 0.3 is 0 Å². The average molecular weight is 235 g/mol. The van der Waals surface area contributed by atoms with Crippen molar-refractivity contribution in [3.8, 4) is 11.8 Å². The van der Waals surface area contributed by atoms with Crippen molar-refractivity contribution in [3.63, 3.8) is 0 Å². The normalized spacial score (nSPS) is 13.5. The van der Waals surface area contributed by atoms with Crippen molar-refractivity contribution in [3.05, 3.63) is 34.4 Å². The maximum atomic E-state index is 10.6. The summed E-state index contributed by atoms with van der Waals surface area (Å²) in [6.45, 7) is 1.80. The highest BCUT2D eigenvalue weighted by atomic mass is 16.6. The molecule has 0 aliphatic carbocycles. The third-order valence-electron chi connectivity index (χ3n) is 2.35. The number of hydrogen-bond donors (Lipinski definition) is 1. The molecule has 0 aliphatic heterocycles. The van der Waals surface area contributed by atoms with Crippen LogP contribution >= 0.6 is 0 Å². The van der Waals surface area contributed by atoms with Crippen molar-refractivity contribution < 1.29 is 9.66 Å². The van der Waals surface area contributed by atoms with Crippen LogP contribution in [0, 0.1) is 21.4 Å². The number of likely N-dealkylation sites (N-methyl/N-ethyl adjacent to an activating group) is 1. The second kappa shape index (κ2) is 5.27. The number of nitriles is 1. The van der Waals surface area contributed by atoms with Crippen LogP contribution in [0.5, 0.6) is 5.75 Å². The first kappa shape index (κ1) is 12.9. The number of hydrogen-bond acceptors (Lipinski definition) is 5. The lowest BCUT2D eigenvalue weighted by Crippen LogP contribution is -2.43. The first-order valence-corrected chi connectivity index (χ1v) is 4.98. The van der Waals surface area contributed by atoms with E-state index >= 15 is 0 Å². The van der Waals surface area contributed by atoms with Gasteiger partial charge in [-0.3, -0.25) is 15.4 Å².